The zero-order valence-electron chi connectivity index (χ0n) is 17.3. The predicted molar refractivity (Wildman–Crippen MR) is 118 cm³/mol. The molecule has 2 aromatic carbocycles. The van der Waals surface area contributed by atoms with Crippen molar-refractivity contribution in [1.29, 1.82) is 0 Å². The highest BCUT2D eigenvalue weighted by molar-refractivity contribution is 5.93. The molecule has 7 nitrogen and oxygen atoms in total. The Morgan fingerprint density at radius 3 is 2.52 bits per heavy atom. The van der Waals surface area contributed by atoms with Crippen LogP contribution in [0.3, 0.4) is 0 Å². The molecule has 2 heterocycles. The topological polar surface area (TPSA) is 78.3 Å². The van der Waals surface area contributed by atoms with Gasteiger partial charge in [0.1, 0.15) is 23.9 Å². The molecule has 0 bridgehead atoms. The molecule has 158 valence electrons. The molecule has 0 aliphatic heterocycles. The average molecular weight is 416 g/mol. The van der Waals surface area contributed by atoms with E-state index < -0.39 is 0 Å². The number of aromatic nitrogens is 3. The largest absolute Gasteiger partial charge is 0.497 e. The second-order valence-corrected chi connectivity index (χ2v) is 6.93. The van der Waals surface area contributed by atoms with E-state index in [1.165, 1.54) is 0 Å². The molecule has 31 heavy (non-hydrogen) atoms. The molecule has 1 amide bonds. The van der Waals surface area contributed by atoms with E-state index in [1.54, 1.807) is 31.6 Å². The summed E-state index contributed by atoms with van der Waals surface area (Å²) in [5.74, 6) is 2.38. The molecule has 0 atom stereocenters. The first-order valence-corrected chi connectivity index (χ1v) is 10.1. The molecule has 0 aliphatic rings. The summed E-state index contributed by atoms with van der Waals surface area (Å²) < 4.78 is 13.2. The molecule has 0 fully saturated rings. The van der Waals surface area contributed by atoms with Gasteiger partial charge >= 0.3 is 0 Å². The highest BCUT2D eigenvalue weighted by Gasteiger charge is 2.11. The van der Waals surface area contributed by atoms with E-state index in [0.29, 0.717) is 31.7 Å². The normalized spacial score (nSPS) is 10.7. The minimum absolute atomic E-state index is 0.118. The number of amides is 1. The van der Waals surface area contributed by atoms with E-state index in [9.17, 15) is 4.79 Å². The standard InChI is InChI=1S/C24H24N4O3/c1-30-19-6-8-20(9-7-19)31-17-16-28-22-5-3-2-4-21(22)27-23(28)12-15-26-24(29)18-10-13-25-14-11-18/h2-11,13-14H,12,15-17H2,1H3,(H,26,29). The number of carbonyl (C=O) groups is 1. The molecule has 2 aromatic heterocycles. The lowest BCUT2D eigenvalue weighted by Crippen LogP contribution is -2.26. The van der Waals surface area contributed by atoms with Gasteiger partial charge in [0.2, 0.25) is 0 Å². The van der Waals surface area contributed by atoms with Crippen molar-refractivity contribution in [3.63, 3.8) is 0 Å². The van der Waals surface area contributed by atoms with Crippen LogP contribution in [0, 0.1) is 0 Å². The Bertz CT molecular complexity index is 1140. The molecule has 4 rings (SSSR count). The number of methoxy groups -OCH3 is 1. The van der Waals surface area contributed by atoms with Crippen LogP contribution in [0.2, 0.25) is 0 Å². The van der Waals surface area contributed by atoms with Crippen molar-refractivity contribution in [2.45, 2.75) is 13.0 Å². The van der Waals surface area contributed by atoms with E-state index >= 15 is 0 Å². The van der Waals surface area contributed by atoms with E-state index in [0.717, 1.165) is 28.4 Å². The lowest BCUT2D eigenvalue weighted by atomic mass is 10.2. The summed E-state index contributed by atoms with van der Waals surface area (Å²) in [4.78, 5) is 21.0. The number of benzene rings is 2. The number of nitrogens with one attached hydrogen (secondary N) is 1. The molecule has 7 heteroatoms. The van der Waals surface area contributed by atoms with Gasteiger partial charge in [-0.05, 0) is 48.5 Å². The van der Waals surface area contributed by atoms with Gasteiger partial charge in [-0.2, -0.15) is 0 Å². The molecule has 0 radical (unpaired) electrons. The number of rotatable bonds is 9. The summed E-state index contributed by atoms with van der Waals surface area (Å²) in [6.07, 6.45) is 3.84. The average Bonchev–Trinajstić information content (AvgIpc) is 3.17. The van der Waals surface area contributed by atoms with Crippen molar-refractivity contribution in [3.05, 3.63) is 84.4 Å². The zero-order valence-corrected chi connectivity index (χ0v) is 17.3. The van der Waals surface area contributed by atoms with Crippen molar-refractivity contribution in [3.8, 4) is 11.5 Å². The maximum Gasteiger partial charge on any atom is 0.251 e. The summed E-state index contributed by atoms with van der Waals surface area (Å²) in [5.41, 5.74) is 2.58. The summed E-state index contributed by atoms with van der Waals surface area (Å²) in [6.45, 7) is 1.65. The van der Waals surface area contributed by atoms with Crippen LogP contribution >= 0.6 is 0 Å². The van der Waals surface area contributed by atoms with Crippen molar-refractivity contribution in [1.82, 2.24) is 19.9 Å². The predicted octanol–water partition coefficient (Wildman–Crippen LogP) is 3.49. The van der Waals surface area contributed by atoms with Crippen LogP contribution in [-0.4, -0.2) is 40.7 Å². The summed E-state index contributed by atoms with van der Waals surface area (Å²) in [5, 5.41) is 2.95. The minimum atomic E-state index is -0.118. The quantitative estimate of drug-likeness (QED) is 0.452. The van der Waals surface area contributed by atoms with Gasteiger partial charge in [0.15, 0.2) is 0 Å². The van der Waals surface area contributed by atoms with Gasteiger partial charge in [-0.15, -0.1) is 0 Å². The maximum atomic E-state index is 12.3. The molecule has 1 N–H and O–H groups in total. The molecule has 0 aliphatic carbocycles. The highest BCUT2D eigenvalue weighted by atomic mass is 16.5. The maximum absolute atomic E-state index is 12.3. The molecule has 0 saturated heterocycles. The van der Waals surface area contributed by atoms with Crippen LogP contribution in [0.1, 0.15) is 16.2 Å². The third-order valence-corrected chi connectivity index (χ3v) is 4.95. The summed E-state index contributed by atoms with van der Waals surface area (Å²) in [7, 11) is 1.64. The second-order valence-electron chi connectivity index (χ2n) is 6.93. The number of para-hydroxylation sites is 2. The summed E-state index contributed by atoms with van der Waals surface area (Å²) in [6, 6.07) is 18.9. The lowest BCUT2D eigenvalue weighted by molar-refractivity contribution is 0.0953. The Kier molecular flexibility index (Phi) is 6.42. The Hall–Kier alpha value is -3.87. The van der Waals surface area contributed by atoms with Crippen molar-refractivity contribution < 1.29 is 14.3 Å². The first-order chi connectivity index (χ1) is 15.2. The SMILES string of the molecule is COc1ccc(OCCn2c(CCNC(=O)c3ccncc3)nc3ccccc32)cc1. The first-order valence-electron chi connectivity index (χ1n) is 10.1. The zero-order chi connectivity index (χ0) is 21.5. The fourth-order valence-electron chi connectivity index (χ4n) is 3.39. The van der Waals surface area contributed by atoms with Crippen molar-refractivity contribution in [2.24, 2.45) is 0 Å². The number of nitrogens with zero attached hydrogens (tertiary/aromatic N) is 3. The number of carbonyl (C=O) groups excluding carboxylic acids is 1. The van der Waals surface area contributed by atoms with Gasteiger partial charge in [-0.1, -0.05) is 12.1 Å². The van der Waals surface area contributed by atoms with Gasteiger partial charge in [0, 0.05) is 30.9 Å². The van der Waals surface area contributed by atoms with Gasteiger partial charge in [0.05, 0.1) is 24.7 Å². The Balaban J connectivity index is 1.41. The Labute approximate surface area is 180 Å². The minimum Gasteiger partial charge on any atom is -0.497 e. The molecule has 4 aromatic rings. The van der Waals surface area contributed by atoms with E-state index in [1.807, 2.05) is 42.5 Å². The van der Waals surface area contributed by atoms with Crippen LogP contribution < -0.4 is 14.8 Å². The number of hydrogen-bond acceptors (Lipinski definition) is 5. The Morgan fingerprint density at radius 2 is 1.74 bits per heavy atom. The van der Waals surface area contributed by atoms with Crippen LogP contribution in [0.15, 0.2) is 73.1 Å². The Morgan fingerprint density at radius 1 is 1.00 bits per heavy atom. The molecule has 0 saturated carbocycles. The van der Waals surface area contributed by atoms with Crippen molar-refractivity contribution in [2.75, 3.05) is 20.3 Å². The molecular weight excluding hydrogens is 392 g/mol. The number of ether oxygens (including phenoxy) is 2. The third-order valence-electron chi connectivity index (χ3n) is 4.95. The van der Waals surface area contributed by atoms with Crippen LogP contribution in [0.25, 0.3) is 11.0 Å². The van der Waals surface area contributed by atoms with Crippen LogP contribution in [0.5, 0.6) is 11.5 Å². The smallest absolute Gasteiger partial charge is 0.251 e. The van der Waals surface area contributed by atoms with E-state index in [4.69, 9.17) is 14.5 Å². The molecular formula is C24H24N4O3. The monoisotopic (exact) mass is 416 g/mol. The number of fused-ring (bicyclic) bond motifs is 1. The van der Waals surface area contributed by atoms with E-state index in [-0.39, 0.29) is 5.91 Å². The molecule has 0 unspecified atom stereocenters. The number of hydrogen-bond donors (Lipinski definition) is 1. The van der Waals surface area contributed by atoms with Gasteiger partial charge in [-0.25, -0.2) is 4.98 Å². The molecule has 0 spiro atoms. The fraction of sp³-hybridized carbons (Fsp3) is 0.208. The van der Waals surface area contributed by atoms with Gasteiger partial charge in [0.25, 0.3) is 5.91 Å². The lowest BCUT2D eigenvalue weighted by Gasteiger charge is -2.12. The van der Waals surface area contributed by atoms with Gasteiger partial charge in [-0.3, -0.25) is 9.78 Å². The number of pyridine rings is 1. The van der Waals surface area contributed by atoms with Crippen LogP contribution in [-0.2, 0) is 13.0 Å². The van der Waals surface area contributed by atoms with E-state index in [2.05, 4.69) is 20.9 Å². The fourth-order valence-corrected chi connectivity index (χ4v) is 3.39. The second kappa shape index (κ2) is 9.75. The first kappa shape index (κ1) is 20.4. The highest BCUT2D eigenvalue weighted by Crippen LogP contribution is 2.19. The number of imidazole rings is 1. The van der Waals surface area contributed by atoms with Crippen LogP contribution in [0.4, 0.5) is 0 Å². The third kappa shape index (κ3) is 5.01. The van der Waals surface area contributed by atoms with Gasteiger partial charge < -0.3 is 19.4 Å². The summed E-state index contributed by atoms with van der Waals surface area (Å²) >= 11 is 0. The van der Waals surface area contributed by atoms with Crippen molar-refractivity contribution >= 4 is 16.9 Å².